The van der Waals surface area contributed by atoms with E-state index in [4.69, 9.17) is 9.15 Å². The summed E-state index contributed by atoms with van der Waals surface area (Å²) in [6.45, 7) is 3.30. The predicted octanol–water partition coefficient (Wildman–Crippen LogP) is 4.23. The van der Waals surface area contributed by atoms with E-state index in [0.717, 1.165) is 16.7 Å². The first kappa shape index (κ1) is 17.0. The van der Waals surface area contributed by atoms with Gasteiger partial charge >= 0.3 is 0 Å². The van der Waals surface area contributed by atoms with Crippen molar-refractivity contribution in [1.82, 2.24) is 5.32 Å². The molecular weight excluding hydrogens is 314 g/mol. The van der Waals surface area contributed by atoms with Gasteiger partial charge in [-0.05, 0) is 29.7 Å². The molecule has 4 heteroatoms. The molecular formula is C21H21NO3. The number of rotatable bonds is 7. The maximum absolute atomic E-state index is 12.2. The van der Waals surface area contributed by atoms with Crippen molar-refractivity contribution in [3.8, 4) is 0 Å². The fourth-order valence-electron chi connectivity index (χ4n) is 2.62. The van der Waals surface area contributed by atoms with Crippen LogP contribution in [-0.4, -0.2) is 5.91 Å². The quantitative estimate of drug-likeness (QED) is 0.703. The minimum absolute atomic E-state index is 0.133. The van der Waals surface area contributed by atoms with Gasteiger partial charge in [-0.15, -0.1) is 0 Å². The molecule has 0 saturated carbocycles. The Kier molecular flexibility index (Phi) is 5.65. The molecule has 0 aliphatic carbocycles. The van der Waals surface area contributed by atoms with Crippen molar-refractivity contribution in [3.63, 3.8) is 0 Å². The highest BCUT2D eigenvalue weighted by Crippen LogP contribution is 2.13. The standard InChI is InChI=1S/C21H21NO3/c1-16-20(11-12-25-16)21(23)22-13-18-9-5-6-10-19(18)15-24-14-17-7-3-2-4-8-17/h2-12H,13-15H2,1H3,(H,22,23). The zero-order chi connectivity index (χ0) is 17.5. The molecule has 0 saturated heterocycles. The van der Waals surface area contributed by atoms with E-state index in [0.29, 0.717) is 31.1 Å². The lowest BCUT2D eigenvalue weighted by molar-refractivity contribution is 0.0946. The van der Waals surface area contributed by atoms with E-state index in [1.54, 1.807) is 13.0 Å². The van der Waals surface area contributed by atoms with Crippen LogP contribution in [0.1, 0.15) is 32.8 Å². The van der Waals surface area contributed by atoms with Crippen LogP contribution < -0.4 is 5.32 Å². The third-order valence-electron chi connectivity index (χ3n) is 4.03. The van der Waals surface area contributed by atoms with Crippen LogP contribution in [0.5, 0.6) is 0 Å². The van der Waals surface area contributed by atoms with E-state index in [9.17, 15) is 4.79 Å². The third-order valence-corrected chi connectivity index (χ3v) is 4.03. The average Bonchev–Trinajstić information content (AvgIpc) is 3.07. The van der Waals surface area contributed by atoms with Crippen molar-refractivity contribution >= 4 is 5.91 Å². The number of aryl methyl sites for hydroxylation is 1. The minimum atomic E-state index is -0.133. The molecule has 0 radical (unpaired) electrons. The zero-order valence-corrected chi connectivity index (χ0v) is 14.2. The summed E-state index contributed by atoms with van der Waals surface area (Å²) >= 11 is 0. The van der Waals surface area contributed by atoms with Crippen LogP contribution in [0.25, 0.3) is 0 Å². The summed E-state index contributed by atoms with van der Waals surface area (Å²) in [7, 11) is 0. The molecule has 0 aliphatic heterocycles. The summed E-state index contributed by atoms with van der Waals surface area (Å²) in [5.41, 5.74) is 3.83. The van der Waals surface area contributed by atoms with Gasteiger partial charge in [0.05, 0.1) is 25.0 Å². The summed E-state index contributed by atoms with van der Waals surface area (Å²) in [5.74, 6) is 0.489. The highest BCUT2D eigenvalue weighted by molar-refractivity contribution is 5.94. The molecule has 0 aliphatic rings. The molecule has 3 rings (SSSR count). The number of nitrogens with one attached hydrogen (secondary N) is 1. The molecule has 1 amide bonds. The van der Waals surface area contributed by atoms with Crippen molar-refractivity contribution < 1.29 is 13.9 Å². The zero-order valence-electron chi connectivity index (χ0n) is 14.2. The van der Waals surface area contributed by atoms with Crippen LogP contribution in [0.15, 0.2) is 71.3 Å². The number of carbonyl (C=O) groups is 1. The van der Waals surface area contributed by atoms with Crippen LogP contribution in [0.3, 0.4) is 0 Å². The van der Waals surface area contributed by atoms with E-state index in [-0.39, 0.29) is 5.91 Å². The van der Waals surface area contributed by atoms with Crippen molar-refractivity contribution in [2.75, 3.05) is 0 Å². The van der Waals surface area contributed by atoms with Gasteiger partial charge < -0.3 is 14.5 Å². The fraction of sp³-hybridized carbons (Fsp3) is 0.190. The number of ether oxygens (including phenoxy) is 1. The molecule has 128 valence electrons. The summed E-state index contributed by atoms with van der Waals surface area (Å²) in [6.07, 6.45) is 1.52. The van der Waals surface area contributed by atoms with E-state index < -0.39 is 0 Å². The number of hydrogen-bond acceptors (Lipinski definition) is 3. The molecule has 0 atom stereocenters. The Bertz CT molecular complexity index is 824. The van der Waals surface area contributed by atoms with Gasteiger partial charge in [-0.25, -0.2) is 0 Å². The maximum Gasteiger partial charge on any atom is 0.255 e. The van der Waals surface area contributed by atoms with Gasteiger partial charge in [0.2, 0.25) is 0 Å². The van der Waals surface area contributed by atoms with E-state index >= 15 is 0 Å². The van der Waals surface area contributed by atoms with Gasteiger partial charge in [-0.3, -0.25) is 4.79 Å². The molecule has 1 N–H and O–H groups in total. The Morgan fingerprint density at radius 2 is 1.68 bits per heavy atom. The van der Waals surface area contributed by atoms with Crippen molar-refractivity contribution in [2.24, 2.45) is 0 Å². The van der Waals surface area contributed by atoms with Crippen molar-refractivity contribution in [2.45, 2.75) is 26.7 Å². The van der Waals surface area contributed by atoms with Gasteiger partial charge in [-0.2, -0.15) is 0 Å². The number of benzene rings is 2. The molecule has 1 aromatic heterocycles. The van der Waals surface area contributed by atoms with Crippen LogP contribution in [0.4, 0.5) is 0 Å². The highest BCUT2D eigenvalue weighted by Gasteiger charge is 2.11. The number of carbonyl (C=O) groups excluding carboxylic acids is 1. The topological polar surface area (TPSA) is 51.5 Å². The molecule has 0 fully saturated rings. The third kappa shape index (κ3) is 4.58. The lowest BCUT2D eigenvalue weighted by atomic mass is 10.1. The highest BCUT2D eigenvalue weighted by atomic mass is 16.5. The molecule has 0 bridgehead atoms. The lowest BCUT2D eigenvalue weighted by Gasteiger charge is -2.11. The largest absolute Gasteiger partial charge is 0.469 e. The van der Waals surface area contributed by atoms with Crippen LogP contribution >= 0.6 is 0 Å². The monoisotopic (exact) mass is 335 g/mol. The Labute approximate surface area is 147 Å². The smallest absolute Gasteiger partial charge is 0.255 e. The second kappa shape index (κ2) is 8.31. The van der Waals surface area contributed by atoms with Crippen LogP contribution in [0.2, 0.25) is 0 Å². The van der Waals surface area contributed by atoms with E-state index in [2.05, 4.69) is 5.32 Å². The van der Waals surface area contributed by atoms with Crippen molar-refractivity contribution in [1.29, 1.82) is 0 Å². The van der Waals surface area contributed by atoms with E-state index in [1.165, 1.54) is 6.26 Å². The summed E-state index contributed by atoms with van der Waals surface area (Å²) in [6, 6.07) is 19.7. The minimum Gasteiger partial charge on any atom is -0.469 e. The molecule has 2 aromatic carbocycles. The second-order valence-corrected chi connectivity index (χ2v) is 5.82. The number of furan rings is 1. The van der Waals surface area contributed by atoms with Gasteiger partial charge in [0, 0.05) is 6.54 Å². The van der Waals surface area contributed by atoms with E-state index in [1.807, 2.05) is 54.6 Å². The Balaban J connectivity index is 1.57. The van der Waals surface area contributed by atoms with Crippen LogP contribution in [-0.2, 0) is 24.5 Å². The Morgan fingerprint density at radius 3 is 2.40 bits per heavy atom. The maximum atomic E-state index is 12.2. The molecule has 3 aromatic rings. The normalized spacial score (nSPS) is 10.6. The Hall–Kier alpha value is -2.85. The summed E-state index contributed by atoms with van der Waals surface area (Å²) in [5, 5.41) is 2.94. The van der Waals surface area contributed by atoms with Gasteiger partial charge in [-0.1, -0.05) is 54.6 Å². The fourth-order valence-corrected chi connectivity index (χ4v) is 2.62. The second-order valence-electron chi connectivity index (χ2n) is 5.82. The number of amides is 1. The lowest BCUT2D eigenvalue weighted by Crippen LogP contribution is -2.23. The van der Waals surface area contributed by atoms with Gasteiger partial charge in [0.15, 0.2) is 0 Å². The molecule has 0 unspecified atom stereocenters. The summed E-state index contributed by atoms with van der Waals surface area (Å²) in [4.78, 5) is 12.2. The first-order valence-corrected chi connectivity index (χ1v) is 8.25. The predicted molar refractivity (Wildman–Crippen MR) is 96.0 cm³/mol. The average molecular weight is 335 g/mol. The van der Waals surface area contributed by atoms with Crippen LogP contribution in [0, 0.1) is 6.92 Å². The van der Waals surface area contributed by atoms with Gasteiger partial charge in [0.1, 0.15) is 5.76 Å². The van der Waals surface area contributed by atoms with Crippen molar-refractivity contribution in [3.05, 3.63) is 94.9 Å². The van der Waals surface area contributed by atoms with Gasteiger partial charge in [0.25, 0.3) is 5.91 Å². The number of hydrogen-bond donors (Lipinski definition) is 1. The Morgan fingerprint density at radius 1 is 0.960 bits per heavy atom. The SMILES string of the molecule is Cc1occc1C(=O)NCc1ccccc1COCc1ccccc1. The molecule has 0 spiro atoms. The molecule has 4 nitrogen and oxygen atoms in total. The molecule has 25 heavy (non-hydrogen) atoms. The summed E-state index contributed by atoms with van der Waals surface area (Å²) < 4.78 is 11.0. The first-order valence-electron chi connectivity index (χ1n) is 8.25. The first-order chi connectivity index (χ1) is 12.2. The molecule has 1 heterocycles.